The van der Waals surface area contributed by atoms with Crippen LogP contribution < -0.4 is 5.32 Å². The summed E-state index contributed by atoms with van der Waals surface area (Å²) >= 11 is 4.35. The van der Waals surface area contributed by atoms with Crippen LogP contribution in [-0.2, 0) is 4.74 Å². The summed E-state index contributed by atoms with van der Waals surface area (Å²) in [5, 5.41) is 7.19. The molecule has 1 aromatic heterocycles. The summed E-state index contributed by atoms with van der Waals surface area (Å²) in [5.41, 5.74) is 0. The second-order valence-corrected chi connectivity index (χ2v) is 4.27. The van der Waals surface area contributed by atoms with Gasteiger partial charge in [0.05, 0.1) is 12.8 Å². The Labute approximate surface area is 101 Å². The average molecular weight is 294 g/mol. The first-order valence-electron chi connectivity index (χ1n) is 4.54. The third kappa shape index (κ3) is 5.19. The molecule has 0 radical (unpaired) electrons. The first kappa shape index (κ1) is 12.5. The molecule has 0 fully saturated rings. The fourth-order valence-electron chi connectivity index (χ4n) is 0.887. The molecule has 0 saturated carbocycles. The first-order valence-corrected chi connectivity index (χ1v) is 6.43. The van der Waals surface area contributed by atoms with Gasteiger partial charge in [-0.25, -0.2) is 0 Å². The highest BCUT2D eigenvalue weighted by molar-refractivity contribution is 9.09. The van der Waals surface area contributed by atoms with Crippen molar-refractivity contribution >= 4 is 33.4 Å². The van der Waals surface area contributed by atoms with Crippen LogP contribution in [-0.4, -0.2) is 40.6 Å². The molecule has 0 aromatic carbocycles. The maximum atomic E-state index is 11.4. The number of nitrogens with one attached hydrogen (secondary N) is 1. The predicted octanol–water partition coefficient (Wildman–Crippen LogP) is 1.07. The van der Waals surface area contributed by atoms with Gasteiger partial charge in [0.15, 0.2) is 0 Å². The minimum Gasteiger partial charge on any atom is -0.381 e. The van der Waals surface area contributed by atoms with Gasteiger partial charge in [0, 0.05) is 18.5 Å². The fraction of sp³-hybridized carbons (Fsp3) is 0.625. The minimum absolute atomic E-state index is 0.120. The molecule has 0 atom stereocenters. The first-order chi connectivity index (χ1) is 7.34. The molecule has 5 nitrogen and oxygen atoms in total. The fourth-order valence-corrected chi connectivity index (χ4v) is 1.55. The van der Waals surface area contributed by atoms with Gasteiger partial charge in [-0.2, -0.15) is 0 Å². The molecule has 0 saturated heterocycles. The largest absolute Gasteiger partial charge is 0.381 e. The molecular weight excluding hydrogens is 282 g/mol. The zero-order valence-corrected chi connectivity index (χ0v) is 10.5. The Kier molecular flexibility index (Phi) is 6.45. The third-order valence-corrected chi connectivity index (χ3v) is 2.54. The average Bonchev–Trinajstić information content (AvgIpc) is 2.76. The van der Waals surface area contributed by atoms with Crippen LogP contribution in [0.15, 0.2) is 6.20 Å². The molecule has 0 unspecified atom stereocenters. The van der Waals surface area contributed by atoms with Crippen LogP contribution in [0.5, 0.6) is 0 Å². The van der Waals surface area contributed by atoms with Gasteiger partial charge in [-0.15, -0.1) is 5.10 Å². The van der Waals surface area contributed by atoms with Gasteiger partial charge >= 0.3 is 0 Å². The second kappa shape index (κ2) is 7.72. The summed E-state index contributed by atoms with van der Waals surface area (Å²) in [5.74, 6) is -0.120. The van der Waals surface area contributed by atoms with E-state index in [1.54, 1.807) is 0 Å². The van der Waals surface area contributed by atoms with Crippen LogP contribution >= 0.6 is 27.5 Å². The van der Waals surface area contributed by atoms with Crippen molar-refractivity contribution in [2.24, 2.45) is 0 Å². The van der Waals surface area contributed by atoms with E-state index in [0.717, 1.165) is 23.3 Å². The number of hydrogen-bond acceptors (Lipinski definition) is 5. The molecule has 84 valence electrons. The van der Waals surface area contributed by atoms with Crippen molar-refractivity contribution in [3.63, 3.8) is 0 Å². The monoisotopic (exact) mass is 293 g/mol. The number of halogens is 1. The quantitative estimate of drug-likeness (QED) is 0.603. The van der Waals surface area contributed by atoms with Gasteiger partial charge in [-0.1, -0.05) is 20.4 Å². The lowest BCUT2D eigenvalue weighted by molar-refractivity contribution is 0.0948. The zero-order chi connectivity index (χ0) is 10.9. The number of ether oxygens (including phenoxy) is 1. The van der Waals surface area contributed by atoms with Gasteiger partial charge in [-0.3, -0.25) is 4.79 Å². The molecule has 7 heteroatoms. The number of rotatable bonds is 7. The van der Waals surface area contributed by atoms with Crippen molar-refractivity contribution in [2.75, 3.05) is 25.1 Å². The van der Waals surface area contributed by atoms with Gasteiger partial charge in [0.2, 0.25) is 0 Å². The molecule has 0 aliphatic rings. The summed E-state index contributed by atoms with van der Waals surface area (Å²) in [6.07, 6.45) is 2.27. The normalized spacial score (nSPS) is 10.2. The highest BCUT2D eigenvalue weighted by atomic mass is 79.9. The maximum absolute atomic E-state index is 11.4. The van der Waals surface area contributed by atoms with E-state index < -0.39 is 0 Å². The number of aromatic nitrogens is 2. The molecule has 0 aliphatic heterocycles. The van der Waals surface area contributed by atoms with Crippen molar-refractivity contribution < 1.29 is 9.53 Å². The Morgan fingerprint density at radius 1 is 1.60 bits per heavy atom. The van der Waals surface area contributed by atoms with Crippen LogP contribution in [0.4, 0.5) is 0 Å². The lowest BCUT2D eigenvalue weighted by Crippen LogP contribution is -2.24. The van der Waals surface area contributed by atoms with Gasteiger partial charge in [0.1, 0.15) is 4.88 Å². The van der Waals surface area contributed by atoms with Crippen LogP contribution in [0.3, 0.4) is 0 Å². The number of hydrogen-bond donors (Lipinski definition) is 1. The van der Waals surface area contributed by atoms with E-state index in [2.05, 4.69) is 30.8 Å². The molecule has 1 amide bonds. The Hall–Kier alpha value is -0.530. The number of amides is 1. The van der Waals surface area contributed by atoms with Crippen molar-refractivity contribution in [1.82, 2.24) is 14.9 Å². The van der Waals surface area contributed by atoms with E-state index in [0.29, 0.717) is 24.6 Å². The number of alkyl halides is 1. The van der Waals surface area contributed by atoms with E-state index >= 15 is 0 Å². The summed E-state index contributed by atoms with van der Waals surface area (Å²) in [6.45, 7) is 1.97. The summed E-state index contributed by atoms with van der Waals surface area (Å²) in [4.78, 5) is 11.9. The Morgan fingerprint density at radius 3 is 3.13 bits per heavy atom. The van der Waals surface area contributed by atoms with Gasteiger partial charge < -0.3 is 10.1 Å². The number of carbonyl (C=O) groups excluding carboxylic acids is 1. The highest BCUT2D eigenvalue weighted by Gasteiger charge is 2.06. The highest BCUT2D eigenvalue weighted by Crippen LogP contribution is 2.00. The van der Waals surface area contributed by atoms with E-state index in [1.165, 1.54) is 6.20 Å². The Morgan fingerprint density at radius 2 is 2.47 bits per heavy atom. The summed E-state index contributed by atoms with van der Waals surface area (Å²) in [6, 6.07) is 0. The second-order valence-electron chi connectivity index (χ2n) is 2.69. The molecule has 0 spiro atoms. The van der Waals surface area contributed by atoms with Crippen LogP contribution in [0.2, 0.25) is 0 Å². The lowest BCUT2D eigenvalue weighted by Gasteiger charge is -2.03. The van der Waals surface area contributed by atoms with E-state index in [9.17, 15) is 4.79 Å². The van der Waals surface area contributed by atoms with Crippen molar-refractivity contribution in [2.45, 2.75) is 6.42 Å². The maximum Gasteiger partial charge on any atom is 0.264 e. The Balaban J connectivity index is 2.03. The summed E-state index contributed by atoms with van der Waals surface area (Å²) < 4.78 is 8.85. The van der Waals surface area contributed by atoms with Crippen LogP contribution in [0.1, 0.15) is 16.1 Å². The lowest BCUT2D eigenvalue weighted by atomic mass is 10.4. The molecule has 1 rings (SSSR count). The minimum atomic E-state index is -0.120. The van der Waals surface area contributed by atoms with E-state index in [1.807, 2.05) is 0 Å². The standard InChI is InChI=1S/C8H12BrN3O2S/c9-2-5-14-4-1-3-10-8(13)7-6-11-12-15-7/h6H,1-5H2,(H,10,13). The smallest absolute Gasteiger partial charge is 0.264 e. The molecule has 0 aliphatic carbocycles. The predicted molar refractivity (Wildman–Crippen MR) is 61.5 cm³/mol. The Bertz CT molecular complexity index is 281. The summed E-state index contributed by atoms with van der Waals surface area (Å²) in [7, 11) is 0. The molecule has 1 aromatic rings. The molecule has 0 bridgehead atoms. The molecular formula is C8H12BrN3O2S. The topological polar surface area (TPSA) is 64.1 Å². The van der Waals surface area contributed by atoms with Gasteiger partial charge in [0.25, 0.3) is 5.91 Å². The van der Waals surface area contributed by atoms with E-state index in [-0.39, 0.29) is 5.91 Å². The number of carbonyl (C=O) groups is 1. The van der Waals surface area contributed by atoms with E-state index in [4.69, 9.17) is 4.74 Å². The third-order valence-electron chi connectivity index (χ3n) is 1.56. The number of nitrogens with zero attached hydrogens (tertiary/aromatic N) is 2. The van der Waals surface area contributed by atoms with Crippen molar-refractivity contribution in [1.29, 1.82) is 0 Å². The van der Waals surface area contributed by atoms with Crippen LogP contribution in [0.25, 0.3) is 0 Å². The zero-order valence-electron chi connectivity index (χ0n) is 8.11. The van der Waals surface area contributed by atoms with Crippen molar-refractivity contribution in [3.05, 3.63) is 11.1 Å². The molecule has 1 heterocycles. The van der Waals surface area contributed by atoms with Gasteiger partial charge in [-0.05, 0) is 18.0 Å². The SMILES string of the molecule is O=C(NCCCOCCBr)c1cnns1. The van der Waals surface area contributed by atoms with Crippen LogP contribution in [0, 0.1) is 0 Å². The molecule has 1 N–H and O–H groups in total. The molecule has 15 heavy (non-hydrogen) atoms. The van der Waals surface area contributed by atoms with Crippen molar-refractivity contribution in [3.8, 4) is 0 Å².